The summed E-state index contributed by atoms with van der Waals surface area (Å²) in [7, 11) is 0. The average molecular weight is 676 g/mol. The summed E-state index contributed by atoms with van der Waals surface area (Å²) in [6.07, 6.45) is 1.62. The van der Waals surface area contributed by atoms with Gasteiger partial charge in [0, 0.05) is 22.5 Å². The zero-order chi connectivity index (χ0) is 34.7. The Morgan fingerprint density at radius 1 is 0.939 bits per heavy atom. The number of azo groups is 2. The second-order valence-corrected chi connectivity index (χ2v) is 11.0. The molecule has 0 bridgehead atoms. The highest BCUT2D eigenvalue weighted by Crippen LogP contribution is 2.45. The molecule has 0 spiro atoms. The van der Waals surface area contributed by atoms with E-state index in [0.717, 1.165) is 9.95 Å². The molecule has 2 heterocycles. The van der Waals surface area contributed by atoms with E-state index in [1.54, 1.807) is 42.6 Å². The molecule has 2 aromatic heterocycles. The summed E-state index contributed by atoms with van der Waals surface area (Å²) < 4.78 is 5.45. The van der Waals surface area contributed by atoms with Gasteiger partial charge in [0.1, 0.15) is 23.0 Å². The van der Waals surface area contributed by atoms with Gasteiger partial charge >= 0.3 is 5.97 Å². The maximum atomic E-state index is 13.1. The number of aromatic hydroxyl groups is 2. The fourth-order valence-electron chi connectivity index (χ4n) is 4.99. The smallest absolute Gasteiger partial charge is 0.335 e. The summed E-state index contributed by atoms with van der Waals surface area (Å²) in [5.74, 6) is -2.13. The van der Waals surface area contributed by atoms with Crippen molar-refractivity contribution in [1.29, 1.82) is 5.26 Å². The number of aromatic carboxylic acids is 1. The number of benzene rings is 4. The SMILES string of the molecule is Cc1c(N=Nc2ccc3cc(SOOO)c(N=Nc4cccc5cccnc45)c(O)c3c2)c(O)n(-c2ccc(C(=O)O)cc2)c(=O)c1C#N. The number of carbonyl (C=O) groups is 1. The molecule has 0 aliphatic carbocycles. The molecule has 4 aromatic carbocycles. The first kappa shape index (κ1) is 32.4. The largest absolute Gasteiger partial charge is 0.505 e. The van der Waals surface area contributed by atoms with Crippen molar-refractivity contribution in [3.8, 4) is 23.4 Å². The molecule has 0 aliphatic heterocycles. The van der Waals surface area contributed by atoms with Gasteiger partial charge in [0.15, 0.2) is 11.4 Å². The van der Waals surface area contributed by atoms with E-state index >= 15 is 0 Å². The van der Waals surface area contributed by atoms with Crippen molar-refractivity contribution in [1.82, 2.24) is 9.55 Å². The van der Waals surface area contributed by atoms with Gasteiger partial charge in [-0.25, -0.2) is 14.6 Å². The Kier molecular flexibility index (Phi) is 9.06. The second kappa shape index (κ2) is 13.7. The molecule has 0 atom stereocenters. The number of nitrogens with zero attached hydrogens (tertiary/aromatic N) is 7. The number of carboxylic acids is 1. The number of aromatic nitrogens is 2. The lowest BCUT2D eigenvalue weighted by Crippen LogP contribution is -2.22. The first-order valence-corrected chi connectivity index (χ1v) is 14.8. The number of fused-ring (bicyclic) bond motifs is 2. The molecule has 4 N–H and O–H groups in total. The number of phenolic OH excluding ortho intramolecular Hbond substituents is 1. The summed E-state index contributed by atoms with van der Waals surface area (Å²) in [6.45, 7) is 1.43. The van der Waals surface area contributed by atoms with Crippen LogP contribution in [-0.4, -0.2) is 36.1 Å². The predicted octanol–water partition coefficient (Wildman–Crippen LogP) is 8.09. The highest BCUT2D eigenvalue weighted by Gasteiger charge is 2.21. The van der Waals surface area contributed by atoms with Crippen LogP contribution in [0, 0.1) is 18.3 Å². The van der Waals surface area contributed by atoms with Gasteiger partial charge in [-0.1, -0.05) is 29.3 Å². The quantitative estimate of drug-likeness (QED) is 0.0495. The summed E-state index contributed by atoms with van der Waals surface area (Å²) in [6, 6.07) is 22.2. The number of hydrogen-bond donors (Lipinski definition) is 4. The third-order valence-electron chi connectivity index (χ3n) is 7.38. The third-order valence-corrected chi connectivity index (χ3v) is 8.00. The van der Waals surface area contributed by atoms with Gasteiger partial charge in [0.2, 0.25) is 5.88 Å². The van der Waals surface area contributed by atoms with Crippen molar-refractivity contribution in [2.75, 3.05) is 0 Å². The number of hydrogen-bond acceptors (Lipinski definition) is 14. The van der Waals surface area contributed by atoms with Crippen LogP contribution in [0.1, 0.15) is 21.5 Å². The van der Waals surface area contributed by atoms with Crippen LogP contribution in [0.4, 0.5) is 22.7 Å². The van der Waals surface area contributed by atoms with E-state index < -0.39 is 17.4 Å². The number of carboxylic acid groups (broad SMARTS) is 1. The van der Waals surface area contributed by atoms with Crippen molar-refractivity contribution in [3.63, 3.8) is 0 Å². The highest BCUT2D eigenvalue weighted by atomic mass is 32.2. The van der Waals surface area contributed by atoms with Crippen molar-refractivity contribution >= 4 is 62.4 Å². The van der Waals surface area contributed by atoms with Crippen molar-refractivity contribution in [3.05, 3.63) is 112 Å². The predicted molar refractivity (Wildman–Crippen MR) is 176 cm³/mol. The standard InChI is InChI=1S/C33H21N7O8S/c1-17-24(16-34)31(42)40(22-11-8-19(9-12-22)33(44)45)32(43)27(17)38-36-21-10-7-20-14-26(49-48-47-46)29(30(41)23(20)15-21)39-37-25-6-2-4-18-5-3-13-35-28(18)25/h2-15,41,43,46H,1H3,(H,44,45). The van der Waals surface area contributed by atoms with E-state index in [-0.39, 0.29) is 55.5 Å². The molecule has 0 aliphatic rings. The van der Waals surface area contributed by atoms with Crippen LogP contribution >= 0.6 is 12.0 Å². The van der Waals surface area contributed by atoms with E-state index in [1.165, 1.54) is 37.3 Å². The number of phenols is 1. The molecule has 16 heteroatoms. The van der Waals surface area contributed by atoms with E-state index in [0.29, 0.717) is 28.6 Å². The Morgan fingerprint density at radius 3 is 2.43 bits per heavy atom. The average Bonchev–Trinajstić information content (AvgIpc) is 3.11. The molecule has 0 saturated carbocycles. The number of para-hydroxylation sites is 1. The van der Waals surface area contributed by atoms with Gasteiger partial charge in [-0.2, -0.15) is 10.4 Å². The van der Waals surface area contributed by atoms with Crippen LogP contribution in [0.25, 0.3) is 27.4 Å². The van der Waals surface area contributed by atoms with Gasteiger partial charge in [0.25, 0.3) is 5.56 Å². The Morgan fingerprint density at radius 2 is 1.69 bits per heavy atom. The first-order valence-electron chi connectivity index (χ1n) is 14.1. The van der Waals surface area contributed by atoms with E-state index in [4.69, 9.17) is 5.26 Å². The van der Waals surface area contributed by atoms with Gasteiger partial charge in [-0.3, -0.25) is 9.78 Å². The molecule has 0 saturated heterocycles. The summed E-state index contributed by atoms with van der Waals surface area (Å²) in [5, 5.41) is 72.5. The summed E-state index contributed by atoms with van der Waals surface area (Å²) in [5.41, 5.74) is -0.00189. The first-order chi connectivity index (χ1) is 23.7. The van der Waals surface area contributed by atoms with Gasteiger partial charge in [-0.15, -0.1) is 19.7 Å². The summed E-state index contributed by atoms with van der Waals surface area (Å²) >= 11 is 0.581. The molecule has 242 valence electrons. The minimum atomic E-state index is -1.18. The lowest BCUT2D eigenvalue weighted by Gasteiger charge is -2.13. The van der Waals surface area contributed by atoms with Crippen LogP contribution in [0.5, 0.6) is 11.6 Å². The topological polar surface area (TPSA) is 225 Å². The van der Waals surface area contributed by atoms with E-state index in [1.807, 2.05) is 18.2 Å². The van der Waals surface area contributed by atoms with Gasteiger partial charge < -0.3 is 15.3 Å². The zero-order valence-electron chi connectivity index (χ0n) is 25.0. The maximum Gasteiger partial charge on any atom is 0.335 e. The molecule has 49 heavy (non-hydrogen) atoms. The molecule has 0 fully saturated rings. The lowest BCUT2D eigenvalue weighted by atomic mass is 10.1. The third kappa shape index (κ3) is 6.28. The molecule has 6 rings (SSSR count). The second-order valence-electron chi connectivity index (χ2n) is 10.2. The number of rotatable bonds is 9. The van der Waals surface area contributed by atoms with Gasteiger partial charge in [-0.05, 0) is 66.9 Å². The lowest BCUT2D eigenvalue weighted by molar-refractivity contribution is -0.432. The number of pyridine rings is 2. The van der Waals surface area contributed by atoms with E-state index in [2.05, 4.69) is 34.8 Å². The van der Waals surface area contributed by atoms with Crippen LogP contribution in [0.3, 0.4) is 0 Å². The van der Waals surface area contributed by atoms with Crippen LogP contribution in [0.2, 0.25) is 0 Å². The van der Waals surface area contributed by atoms with Crippen molar-refractivity contribution in [2.24, 2.45) is 20.5 Å². The van der Waals surface area contributed by atoms with E-state index in [9.17, 15) is 30.2 Å². The maximum absolute atomic E-state index is 13.1. The molecular formula is C33H21N7O8S. The molecule has 0 radical (unpaired) electrons. The van der Waals surface area contributed by atoms with Crippen LogP contribution < -0.4 is 5.56 Å². The molecular weight excluding hydrogens is 654 g/mol. The Balaban J connectivity index is 1.43. The van der Waals surface area contributed by atoms with Crippen molar-refractivity contribution in [2.45, 2.75) is 11.8 Å². The minimum absolute atomic E-state index is 0.0234. The monoisotopic (exact) mass is 675 g/mol. The fraction of sp³-hybridized carbons (Fsp3) is 0.0303. The highest BCUT2D eigenvalue weighted by molar-refractivity contribution is 7.94. The minimum Gasteiger partial charge on any atom is -0.505 e. The Bertz CT molecular complexity index is 2440. The summed E-state index contributed by atoms with van der Waals surface area (Å²) in [4.78, 5) is 29.0. The molecule has 0 amide bonds. The molecule has 6 aromatic rings. The molecule has 15 nitrogen and oxygen atoms in total. The van der Waals surface area contributed by atoms with Crippen LogP contribution in [0.15, 0.2) is 115 Å². The number of nitriles is 1. The molecule has 0 unspecified atom stereocenters. The Labute approximate surface area is 279 Å². The van der Waals surface area contributed by atoms with Gasteiger partial charge in [0.05, 0.1) is 39.4 Å². The zero-order valence-corrected chi connectivity index (χ0v) is 25.9. The fourth-order valence-corrected chi connectivity index (χ4v) is 5.48. The Hall–Kier alpha value is -6.51. The van der Waals surface area contributed by atoms with Crippen molar-refractivity contribution < 1.29 is 34.7 Å². The van der Waals surface area contributed by atoms with Crippen LogP contribution in [-0.2, 0) is 9.37 Å². The normalized spacial score (nSPS) is 11.5.